The predicted octanol–water partition coefficient (Wildman–Crippen LogP) is 2.29. The fourth-order valence-electron chi connectivity index (χ4n) is 2.14. The Bertz CT molecular complexity index is 318. The van der Waals surface area contributed by atoms with Gasteiger partial charge in [0.05, 0.1) is 12.6 Å². The molecule has 18 heavy (non-hydrogen) atoms. The van der Waals surface area contributed by atoms with Crippen LogP contribution in [0.4, 0.5) is 13.2 Å². The SMILES string of the molecule is CC(C)NC(C)(C#N)CN(CC(F)(F)F)C1CC1. The monoisotopic (exact) mass is 263 g/mol. The molecule has 104 valence electrons. The quantitative estimate of drug-likeness (QED) is 0.799. The van der Waals surface area contributed by atoms with Crippen LogP contribution in [0, 0.1) is 11.3 Å². The zero-order valence-electron chi connectivity index (χ0n) is 11.0. The average molecular weight is 263 g/mol. The molecule has 0 saturated heterocycles. The van der Waals surface area contributed by atoms with Crippen molar-refractivity contribution in [3.63, 3.8) is 0 Å². The highest BCUT2D eigenvalue weighted by Gasteiger charge is 2.41. The van der Waals surface area contributed by atoms with Crippen LogP contribution in [0.3, 0.4) is 0 Å². The Balaban J connectivity index is 2.67. The maximum absolute atomic E-state index is 12.5. The number of nitriles is 1. The molecule has 0 bridgehead atoms. The van der Waals surface area contributed by atoms with E-state index in [9.17, 15) is 13.2 Å². The predicted molar refractivity (Wildman–Crippen MR) is 62.9 cm³/mol. The molecule has 0 amide bonds. The van der Waals surface area contributed by atoms with E-state index in [1.165, 1.54) is 4.90 Å². The molecule has 0 spiro atoms. The second-order valence-corrected chi connectivity index (χ2v) is 5.49. The van der Waals surface area contributed by atoms with Gasteiger partial charge in [-0.2, -0.15) is 18.4 Å². The van der Waals surface area contributed by atoms with Gasteiger partial charge in [-0.05, 0) is 33.6 Å². The van der Waals surface area contributed by atoms with Crippen molar-refractivity contribution in [3.05, 3.63) is 0 Å². The van der Waals surface area contributed by atoms with Crippen LogP contribution in [0.15, 0.2) is 0 Å². The first-order valence-corrected chi connectivity index (χ1v) is 6.15. The van der Waals surface area contributed by atoms with Crippen molar-refractivity contribution >= 4 is 0 Å². The molecule has 3 nitrogen and oxygen atoms in total. The van der Waals surface area contributed by atoms with Gasteiger partial charge in [0.15, 0.2) is 0 Å². The summed E-state index contributed by atoms with van der Waals surface area (Å²) in [6.45, 7) is 4.57. The van der Waals surface area contributed by atoms with Crippen LogP contribution in [0.2, 0.25) is 0 Å². The Labute approximate surface area is 106 Å². The molecule has 1 saturated carbocycles. The Morgan fingerprint density at radius 1 is 1.33 bits per heavy atom. The van der Waals surface area contributed by atoms with E-state index in [1.54, 1.807) is 6.92 Å². The molecular weight excluding hydrogens is 243 g/mol. The van der Waals surface area contributed by atoms with Crippen molar-refractivity contribution in [1.82, 2.24) is 10.2 Å². The van der Waals surface area contributed by atoms with Gasteiger partial charge in [0, 0.05) is 18.6 Å². The smallest absolute Gasteiger partial charge is 0.296 e. The third kappa shape index (κ3) is 5.23. The maximum atomic E-state index is 12.5. The Hall–Kier alpha value is -0.800. The van der Waals surface area contributed by atoms with Crippen LogP contribution >= 0.6 is 0 Å². The molecule has 1 atom stereocenters. The minimum absolute atomic E-state index is 0.0201. The molecule has 6 heteroatoms. The number of nitrogens with one attached hydrogen (secondary N) is 1. The minimum Gasteiger partial charge on any atom is -0.296 e. The summed E-state index contributed by atoms with van der Waals surface area (Å²) in [7, 11) is 0. The van der Waals surface area contributed by atoms with Gasteiger partial charge in [-0.1, -0.05) is 0 Å². The van der Waals surface area contributed by atoms with Gasteiger partial charge < -0.3 is 0 Å². The molecule has 0 aromatic heterocycles. The summed E-state index contributed by atoms with van der Waals surface area (Å²) >= 11 is 0. The number of rotatable bonds is 6. The number of hydrogen-bond acceptors (Lipinski definition) is 3. The van der Waals surface area contributed by atoms with Crippen LogP contribution in [0.1, 0.15) is 33.6 Å². The second kappa shape index (κ2) is 5.45. The number of alkyl halides is 3. The third-order valence-electron chi connectivity index (χ3n) is 2.82. The molecule has 0 aromatic carbocycles. The largest absolute Gasteiger partial charge is 0.401 e. The number of halogens is 3. The summed E-state index contributed by atoms with van der Waals surface area (Å²) in [5.74, 6) is 0. The fraction of sp³-hybridized carbons (Fsp3) is 0.917. The first kappa shape index (κ1) is 15.3. The van der Waals surface area contributed by atoms with Crippen LogP contribution in [-0.2, 0) is 0 Å². The molecule has 0 aromatic rings. The molecule has 1 unspecified atom stereocenters. The second-order valence-electron chi connectivity index (χ2n) is 5.49. The first-order valence-electron chi connectivity index (χ1n) is 6.15. The Morgan fingerprint density at radius 3 is 2.22 bits per heavy atom. The molecule has 0 heterocycles. The maximum Gasteiger partial charge on any atom is 0.401 e. The van der Waals surface area contributed by atoms with Gasteiger partial charge in [0.1, 0.15) is 5.54 Å². The molecular formula is C12H20F3N3. The molecule has 1 fully saturated rings. The summed E-state index contributed by atoms with van der Waals surface area (Å²) in [5, 5.41) is 12.2. The lowest BCUT2D eigenvalue weighted by molar-refractivity contribution is -0.148. The van der Waals surface area contributed by atoms with Gasteiger partial charge >= 0.3 is 6.18 Å². The van der Waals surface area contributed by atoms with Gasteiger partial charge in [-0.15, -0.1) is 0 Å². The third-order valence-corrected chi connectivity index (χ3v) is 2.82. The highest BCUT2D eigenvalue weighted by Crippen LogP contribution is 2.31. The lowest BCUT2D eigenvalue weighted by Crippen LogP contribution is -2.54. The van der Waals surface area contributed by atoms with E-state index in [-0.39, 0.29) is 18.6 Å². The Kier molecular flexibility index (Phi) is 4.62. The van der Waals surface area contributed by atoms with Crippen molar-refractivity contribution in [2.24, 2.45) is 0 Å². The van der Waals surface area contributed by atoms with Crippen molar-refractivity contribution in [2.75, 3.05) is 13.1 Å². The minimum atomic E-state index is -4.21. The fourth-order valence-corrected chi connectivity index (χ4v) is 2.14. The van der Waals surface area contributed by atoms with E-state index >= 15 is 0 Å². The number of hydrogen-bond donors (Lipinski definition) is 1. The summed E-state index contributed by atoms with van der Waals surface area (Å²) in [5.41, 5.74) is -0.942. The van der Waals surface area contributed by atoms with Gasteiger partial charge in [0.2, 0.25) is 0 Å². The van der Waals surface area contributed by atoms with Crippen LogP contribution < -0.4 is 5.32 Å². The lowest BCUT2D eigenvalue weighted by atomic mass is 10.0. The Morgan fingerprint density at radius 2 is 1.89 bits per heavy atom. The molecule has 1 rings (SSSR count). The van der Waals surface area contributed by atoms with Gasteiger partial charge in [-0.25, -0.2) is 0 Å². The lowest BCUT2D eigenvalue weighted by Gasteiger charge is -2.33. The zero-order chi connectivity index (χ0) is 14.0. The van der Waals surface area contributed by atoms with Gasteiger partial charge in [-0.3, -0.25) is 10.2 Å². The van der Waals surface area contributed by atoms with E-state index in [0.29, 0.717) is 0 Å². The standard InChI is InChI=1S/C12H20F3N3/c1-9(2)17-11(3,6-16)7-18(10-4-5-10)8-12(13,14)15/h9-10,17H,4-5,7-8H2,1-3H3. The summed E-state index contributed by atoms with van der Waals surface area (Å²) < 4.78 is 37.5. The van der Waals surface area contributed by atoms with E-state index in [4.69, 9.17) is 5.26 Å². The van der Waals surface area contributed by atoms with Crippen LogP contribution in [0.25, 0.3) is 0 Å². The van der Waals surface area contributed by atoms with Crippen LogP contribution in [0.5, 0.6) is 0 Å². The molecule has 1 aliphatic rings. The highest BCUT2D eigenvalue weighted by atomic mass is 19.4. The van der Waals surface area contributed by atoms with Crippen LogP contribution in [-0.4, -0.2) is 41.8 Å². The zero-order valence-corrected chi connectivity index (χ0v) is 11.0. The van der Waals surface area contributed by atoms with E-state index in [0.717, 1.165) is 12.8 Å². The molecule has 1 aliphatic carbocycles. The molecule has 0 radical (unpaired) electrons. The summed E-state index contributed by atoms with van der Waals surface area (Å²) in [6.07, 6.45) is -2.63. The number of nitrogens with zero attached hydrogens (tertiary/aromatic N) is 2. The summed E-state index contributed by atoms with van der Waals surface area (Å²) in [6, 6.07) is 2.13. The molecule has 0 aliphatic heterocycles. The van der Waals surface area contributed by atoms with Crippen molar-refractivity contribution in [2.45, 2.75) is 57.4 Å². The first-order chi connectivity index (χ1) is 8.15. The van der Waals surface area contributed by atoms with Crippen molar-refractivity contribution < 1.29 is 13.2 Å². The normalized spacial score (nSPS) is 19.9. The van der Waals surface area contributed by atoms with Crippen molar-refractivity contribution in [3.8, 4) is 6.07 Å². The van der Waals surface area contributed by atoms with Crippen molar-refractivity contribution in [1.29, 1.82) is 5.26 Å². The van der Waals surface area contributed by atoms with Gasteiger partial charge in [0.25, 0.3) is 0 Å². The topological polar surface area (TPSA) is 39.1 Å². The summed E-state index contributed by atoms with van der Waals surface area (Å²) in [4.78, 5) is 1.37. The highest BCUT2D eigenvalue weighted by molar-refractivity contribution is 5.08. The molecule has 1 N–H and O–H groups in total. The average Bonchev–Trinajstić information content (AvgIpc) is 2.96. The van der Waals surface area contributed by atoms with E-state index in [2.05, 4.69) is 11.4 Å². The van der Waals surface area contributed by atoms with E-state index in [1.807, 2.05) is 13.8 Å². The van der Waals surface area contributed by atoms with E-state index < -0.39 is 18.3 Å².